The van der Waals surface area contributed by atoms with Gasteiger partial charge in [0.15, 0.2) is 0 Å². The molecule has 0 spiro atoms. The molecule has 0 saturated carbocycles. The molecule has 0 N–H and O–H groups in total. The maximum Gasteiger partial charge on any atom is 0.289 e. The molecular weight excluding hydrogens is 256 g/mol. The maximum absolute atomic E-state index is 11.9. The predicted molar refractivity (Wildman–Crippen MR) is 74.2 cm³/mol. The Kier molecular flexibility index (Phi) is 5.07. The Morgan fingerprint density at radius 2 is 1.81 bits per heavy atom. The Morgan fingerprint density at radius 3 is 2.25 bits per heavy atom. The number of alkyl halides is 1. The highest BCUT2D eigenvalue weighted by molar-refractivity contribution is 6.87. The van der Waals surface area contributed by atoms with Crippen molar-refractivity contribution in [3.63, 3.8) is 0 Å². The second kappa shape index (κ2) is 5.69. The van der Waals surface area contributed by atoms with Crippen LogP contribution in [0.5, 0.6) is 0 Å². The summed E-state index contributed by atoms with van der Waals surface area (Å²) in [5.41, 5.74) is 0.730. The number of carbonyl (C=O) groups is 1. The number of carbonyl (C=O) groups excluding carboxylic acids is 1. The molecule has 0 aromatic heterocycles. The van der Waals surface area contributed by atoms with Crippen LogP contribution in [-0.2, 0) is 9.22 Å². The van der Waals surface area contributed by atoms with Crippen LogP contribution in [0.2, 0.25) is 37.8 Å². The van der Waals surface area contributed by atoms with Crippen molar-refractivity contribution in [1.29, 1.82) is 0 Å². The molecule has 0 radical (unpaired) electrons. The highest BCUT2D eigenvalue weighted by Crippen LogP contribution is 2.33. The lowest BCUT2D eigenvalue weighted by Crippen LogP contribution is -2.43. The fourth-order valence-corrected chi connectivity index (χ4v) is 7.98. The van der Waals surface area contributed by atoms with Crippen LogP contribution < -0.4 is 0 Å². The van der Waals surface area contributed by atoms with Gasteiger partial charge < -0.3 is 4.43 Å². The molecule has 0 aliphatic carbocycles. The smallest absolute Gasteiger partial charge is 0.289 e. The number of hydrogen-bond donors (Lipinski definition) is 0. The van der Waals surface area contributed by atoms with E-state index in [-0.39, 0.29) is 5.97 Å². The van der Waals surface area contributed by atoms with Gasteiger partial charge in [-0.1, -0.05) is 31.4 Å². The molecule has 0 aromatic carbocycles. The van der Waals surface area contributed by atoms with Crippen LogP contribution >= 0.6 is 11.6 Å². The fourth-order valence-electron chi connectivity index (χ4n) is 2.34. The summed E-state index contributed by atoms with van der Waals surface area (Å²) < 4.78 is 5.54. The quantitative estimate of drug-likeness (QED) is 0.578. The Labute approximate surface area is 106 Å². The maximum atomic E-state index is 11.9. The predicted octanol–water partition coefficient (Wildman–Crippen LogP) is 3.78. The number of halogens is 1. The van der Waals surface area contributed by atoms with Crippen LogP contribution in [-0.4, -0.2) is 27.9 Å². The minimum Gasteiger partial charge on any atom is -0.520 e. The van der Waals surface area contributed by atoms with Crippen molar-refractivity contribution in [2.75, 3.05) is 5.50 Å². The molecule has 1 fully saturated rings. The van der Waals surface area contributed by atoms with E-state index in [0.29, 0.717) is 6.04 Å². The Morgan fingerprint density at radius 1 is 1.25 bits per heavy atom. The Hall–Kier alpha value is 0.194. The zero-order chi connectivity index (χ0) is 12.2. The van der Waals surface area contributed by atoms with Gasteiger partial charge in [-0.15, -0.1) is 11.6 Å². The van der Waals surface area contributed by atoms with Crippen LogP contribution in [0, 0.1) is 0 Å². The highest BCUT2D eigenvalue weighted by Gasteiger charge is 2.37. The normalized spacial score (nSPS) is 20.5. The van der Waals surface area contributed by atoms with E-state index >= 15 is 0 Å². The topological polar surface area (TPSA) is 26.3 Å². The summed E-state index contributed by atoms with van der Waals surface area (Å²) >= 11 is 6.12. The first-order chi connectivity index (χ1) is 7.37. The summed E-state index contributed by atoms with van der Waals surface area (Å²) in [6.07, 6.45) is 3.84. The molecule has 0 atom stereocenters. The van der Waals surface area contributed by atoms with Crippen LogP contribution in [0.3, 0.4) is 0 Å². The van der Waals surface area contributed by atoms with Crippen molar-refractivity contribution in [2.45, 2.75) is 57.0 Å². The minimum atomic E-state index is -1.72. The van der Waals surface area contributed by atoms with Gasteiger partial charge in [-0.25, -0.2) is 0 Å². The molecule has 16 heavy (non-hydrogen) atoms. The third kappa shape index (κ3) is 4.59. The Balaban J connectivity index is 2.52. The van der Waals surface area contributed by atoms with Crippen molar-refractivity contribution >= 4 is 34.0 Å². The molecule has 94 valence electrons. The van der Waals surface area contributed by atoms with E-state index in [2.05, 4.69) is 19.6 Å². The molecular formula is C11H23ClO2Si2. The second-order valence-electron chi connectivity index (χ2n) is 5.96. The van der Waals surface area contributed by atoms with Crippen LogP contribution in [0.15, 0.2) is 0 Å². The van der Waals surface area contributed by atoms with Gasteiger partial charge in [0.2, 0.25) is 8.32 Å². The lowest BCUT2D eigenvalue weighted by molar-refractivity contribution is -0.132. The van der Waals surface area contributed by atoms with Gasteiger partial charge >= 0.3 is 0 Å². The van der Waals surface area contributed by atoms with Gasteiger partial charge in [0, 0.05) is 11.5 Å². The molecule has 2 nitrogen and oxygen atoms in total. The van der Waals surface area contributed by atoms with E-state index < -0.39 is 16.4 Å². The first kappa shape index (κ1) is 14.3. The van der Waals surface area contributed by atoms with Crippen LogP contribution in [0.4, 0.5) is 0 Å². The highest BCUT2D eigenvalue weighted by atomic mass is 35.5. The average molecular weight is 279 g/mol. The molecule has 1 heterocycles. The van der Waals surface area contributed by atoms with E-state index in [0.717, 1.165) is 5.50 Å². The SMILES string of the molecule is C[Si](C)(C)OC(=O)C[Si]1(CCl)CCCCC1. The molecule has 1 aliphatic rings. The average Bonchev–Trinajstić information content (AvgIpc) is 2.16. The third-order valence-electron chi connectivity index (χ3n) is 3.14. The standard InChI is InChI=1S/C11H23ClO2Si2/c1-15(2,3)14-11(13)9-16(10-12)7-5-4-6-8-16/h4-10H2,1-3H3. The fraction of sp³-hybridized carbons (Fsp3) is 0.909. The van der Waals surface area contributed by atoms with Gasteiger partial charge in [0.1, 0.15) is 0 Å². The van der Waals surface area contributed by atoms with E-state index in [1.807, 2.05) is 0 Å². The van der Waals surface area contributed by atoms with Crippen LogP contribution in [0.25, 0.3) is 0 Å². The van der Waals surface area contributed by atoms with Crippen molar-refractivity contribution in [3.05, 3.63) is 0 Å². The van der Waals surface area contributed by atoms with E-state index in [1.54, 1.807) is 0 Å². The van der Waals surface area contributed by atoms with Crippen LogP contribution in [0.1, 0.15) is 19.3 Å². The van der Waals surface area contributed by atoms with Gasteiger partial charge in [-0.05, 0) is 19.6 Å². The number of rotatable bonds is 4. The molecule has 0 aromatic rings. The van der Waals surface area contributed by atoms with Gasteiger partial charge in [0.05, 0.1) is 8.07 Å². The van der Waals surface area contributed by atoms with Gasteiger partial charge in [-0.2, -0.15) is 0 Å². The molecule has 1 aliphatic heterocycles. The summed E-state index contributed by atoms with van der Waals surface area (Å²) in [6, 6.07) is 3.09. The zero-order valence-corrected chi connectivity index (χ0v) is 13.4. The molecule has 1 rings (SSSR count). The van der Waals surface area contributed by atoms with Gasteiger partial charge in [0.25, 0.3) is 5.97 Å². The first-order valence-corrected chi connectivity index (χ1v) is 12.9. The molecule has 0 amide bonds. The lowest BCUT2D eigenvalue weighted by Gasteiger charge is -2.33. The lowest BCUT2D eigenvalue weighted by atomic mass is 10.3. The summed E-state index contributed by atoms with van der Waals surface area (Å²) in [5, 5.41) is 0. The van der Waals surface area contributed by atoms with Crippen molar-refractivity contribution in [2.24, 2.45) is 0 Å². The Bertz CT molecular complexity index is 245. The first-order valence-electron chi connectivity index (χ1n) is 6.15. The number of hydrogen-bond acceptors (Lipinski definition) is 2. The van der Waals surface area contributed by atoms with Gasteiger partial charge in [-0.3, -0.25) is 4.79 Å². The van der Waals surface area contributed by atoms with Crippen molar-refractivity contribution < 1.29 is 9.22 Å². The molecule has 0 bridgehead atoms. The monoisotopic (exact) mass is 278 g/mol. The van der Waals surface area contributed by atoms with Crippen molar-refractivity contribution in [3.8, 4) is 0 Å². The van der Waals surface area contributed by atoms with E-state index in [9.17, 15) is 4.79 Å². The summed E-state index contributed by atoms with van der Waals surface area (Å²) in [4.78, 5) is 11.9. The molecule has 0 unspecified atom stereocenters. The zero-order valence-electron chi connectivity index (χ0n) is 10.6. The van der Waals surface area contributed by atoms with E-state index in [1.165, 1.54) is 31.4 Å². The van der Waals surface area contributed by atoms with Crippen molar-refractivity contribution in [1.82, 2.24) is 0 Å². The molecule has 1 saturated heterocycles. The third-order valence-corrected chi connectivity index (χ3v) is 10.1. The van der Waals surface area contributed by atoms with E-state index in [4.69, 9.17) is 16.0 Å². The summed E-state index contributed by atoms with van der Waals surface area (Å²) in [6.45, 7) is 6.17. The molecule has 5 heteroatoms. The second-order valence-corrected chi connectivity index (χ2v) is 15.8. The summed E-state index contributed by atoms with van der Waals surface area (Å²) in [5.74, 6) is 0.0217. The largest absolute Gasteiger partial charge is 0.520 e. The summed E-state index contributed by atoms with van der Waals surface area (Å²) in [7, 11) is -3.23. The minimum absolute atomic E-state index is 0.0217.